The number of amides is 2. The summed E-state index contributed by atoms with van der Waals surface area (Å²) in [5.41, 5.74) is 5.00. The lowest BCUT2D eigenvalue weighted by Gasteiger charge is -2.24. The van der Waals surface area contributed by atoms with Gasteiger partial charge in [0, 0.05) is 19.2 Å². The molecule has 0 aromatic heterocycles. The smallest absolute Gasteiger partial charge is 0.327 e. The van der Waals surface area contributed by atoms with Crippen molar-refractivity contribution in [3.05, 3.63) is 12.7 Å². The molecule has 14 heavy (non-hydrogen) atoms. The Morgan fingerprint density at radius 3 is 2.07 bits per heavy atom. The summed E-state index contributed by atoms with van der Waals surface area (Å²) in [6.45, 7) is 5.46. The summed E-state index contributed by atoms with van der Waals surface area (Å²) < 4.78 is 5.00. The van der Waals surface area contributed by atoms with Crippen LogP contribution < -0.4 is 5.73 Å². The summed E-state index contributed by atoms with van der Waals surface area (Å²) >= 11 is 0. The number of carbonyl (C=O) groups excluding carboxylic acids is 1. The molecule has 3 N–H and O–H groups in total. The fourth-order valence-corrected chi connectivity index (χ4v) is 0.784. The van der Waals surface area contributed by atoms with Gasteiger partial charge in [0.2, 0.25) is 0 Å². The van der Waals surface area contributed by atoms with E-state index in [1.807, 2.05) is 0 Å². The molecule has 1 saturated heterocycles. The first-order chi connectivity index (χ1) is 6.57. The summed E-state index contributed by atoms with van der Waals surface area (Å²) in [6, 6.07) is -0.349. The third kappa shape index (κ3) is 6.01. The van der Waals surface area contributed by atoms with E-state index in [0.717, 1.165) is 6.08 Å². The van der Waals surface area contributed by atoms with Gasteiger partial charge in [0.05, 0.1) is 13.2 Å². The quantitative estimate of drug-likeness (QED) is 0.568. The number of nitrogens with zero attached hydrogens (tertiary/aromatic N) is 1. The summed E-state index contributed by atoms with van der Waals surface area (Å²) in [7, 11) is 0. The highest BCUT2D eigenvalue weighted by Crippen LogP contribution is 1.94. The van der Waals surface area contributed by atoms with Crippen LogP contribution in [0.5, 0.6) is 0 Å². The molecule has 0 atom stereocenters. The van der Waals surface area contributed by atoms with Gasteiger partial charge in [0.25, 0.3) is 0 Å². The maximum absolute atomic E-state index is 10.4. The molecule has 0 aliphatic carbocycles. The van der Waals surface area contributed by atoms with Crippen molar-refractivity contribution in [2.45, 2.75) is 0 Å². The predicted octanol–water partition coefficient (Wildman–Crippen LogP) is -0.346. The minimum Gasteiger partial charge on any atom is -0.478 e. The average Bonchev–Trinajstić information content (AvgIpc) is 2.20. The highest BCUT2D eigenvalue weighted by molar-refractivity contribution is 5.78. The number of primary amides is 1. The van der Waals surface area contributed by atoms with Gasteiger partial charge >= 0.3 is 12.0 Å². The number of carboxylic acids is 1. The van der Waals surface area contributed by atoms with Crippen molar-refractivity contribution in [1.82, 2.24) is 4.90 Å². The number of urea groups is 1. The van der Waals surface area contributed by atoms with Gasteiger partial charge in [-0.05, 0) is 0 Å². The Balaban J connectivity index is 0.000000292. The largest absolute Gasteiger partial charge is 0.478 e. The zero-order valence-electron chi connectivity index (χ0n) is 7.81. The van der Waals surface area contributed by atoms with Crippen molar-refractivity contribution in [1.29, 1.82) is 0 Å². The van der Waals surface area contributed by atoms with Crippen LogP contribution in [0.3, 0.4) is 0 Å². The van der Waals surface area contributed by atoms with Crippen LogP contribution in [0.15, 0.2) is 12.7 Å². The first-order valence-electron chi connectivity index (χ1n) is 4.05. The van der Waals surface area contributed by atoms with E-state index < -0.39 is 5.97 Å². The molecule has 2 amide bonds. The SMILES string of the molecule is C=CC(=O)O.NC(=O)N1CCOCC1. The lowest BCUT2D eigenvalue weighted by Crippen LogP contribution is -2.43. The Bertz CT molecular complexity index is 211. The van der Waals surface area contributed by atoms with E-state index in [0.29, 0.717) is 26.3 Å². The van der Waals surface area contributed by atoms with Crippen LogP contribution in [0.4, 0.5) is 4.79 Å². The number of hydrogen-bond acceptors (Lipinski definition) is 3. The van der Waals surface area contributed by atoms with E-state index in [2.05, 4.69) is 6.58 Å². The van der Waals surface area contributed by atoms with Crippen LogP contribution >= 0.6 is 0 Å². The van der Waals surface area contributed by atoms with Crippen molar-refractivity contribution < 1.29 is 19.4 Å². The molecule has 6 heteroatoms. The van der Waals surface area contributed by atoms with Crippen LogP contribution in [0.25, 0.3) is 0 Å². The maximum Gasteiger partial charge on any atom is 0.327 e. The number of morpholine rings is 1. The van der Waals surface area contributed by atoms with E-state index in [9.17, 15) is 9.59 Å². The molecular formula is C8H14N2O4. The molecule has 80 valence electrons. The van der Waals surface area contributed by atoms with E-state index in [1.165, 1.54) is 0 Å². The topological polar surface area (TPSA) is 92.9 Å². The van der Waals surface area contributed by atoms with Gasteiger partial charge < -0.3 is 20.5 Å². The number of carbonyl (C=O) groups is 2. The lowest BCUT2D eigenvalue weighted by atomic mass is 10.4. The molecule has 1 rings (SSSR count). The van der Waals surface area contributed by atoms with Crippen LogP contribution in [-0.4, -0.2) is 48.3 Å². The molecule has 6 nitrogen and oxygen atoms in total. The van der Waals surface area contributed by atoms with Crippen molar-refractivity contribution in [2.24, 2.45) is 5.73 Å². The number of rotatable bonds is 1. The van der Waals surface area contributed by atoms with Gasteiger partial charge in [0.1, 0.15) is 0 Å². The molecule has 1 aliphatic rings. The standard InChI is InChI=1S/C5H10N2O2.C3H4O2/c6-5(8)7-1-3-9-4-2-7;1-2-3(4)5/h1-4H2,(H2,6,8);2H,1H2,(H,4,5). The third-order valence-corrected chi connectivity index (χ3v) is 1.50. The molecule has 1 heterocycles. The van der Waals surface area contributed by atoms with Gasteiger partial charge in [-0.1, -0.05) is 6.58 Å². The van der Waals surface area contributed by atoms with Crippen LogP contribution in [0.1, 0.15) is 0 Å². The highest BCUT2D eigenvalue weighted by Gasteiger charge is 2.12. The molecule has 0 aromatic carbocycles. The van der Waals surface area contributed by atoms with E-state index >= 15 is 0 Å². The van der Waals surface area contributed by atoms with Gasteiger partial charge in [-0.25, -0.2) is 9.59 Å². The van der Waals surface area contributed by atoms with E-state index in [4.69, 9.17) is 15.6 Å². The molecule has 1 fully saturated rings. The molecular weight excluding hydrogens is 188 g/mol. The van der Waals surface area contributed by atoms with Crippen LogP contribution in [-0.2, 0) is 9.53 Å². The van der Waals surface area contributed by atoms with E-state index in [-0.39, 0.29) is 6.03 Å². The zero-order valence-corrected chi connectivity index (χ0v) is 7.81. The van der Waals surface area contributed by atoms with Crippen molar-refractivity contribution >= 4 is 12.0 Å². The van der Waals surface area contributed by atoms with Gasteiger partial charge in [-0.2, -0.15) is 0 Å². The minimum absolute atomic E-state index is 0.349. The number of ether oxygens (including phenoxy) is 1. The average molecular weight is 202 g/mol. The second kappa shape index (κ2) is 6.90. The predicted molar refractivity (Wildman–Crippen MR) is 49.8 cm³/mol. The first kappa shape index (κ1) is 12.4. The monoisotopic (exact) mass is 202 g/mol. The zero-order chi connectivity index (χ0) is 11.0. The summed E-state index contributed by atoms with van der Waals surface area (Å²) in [6.07, 6.45) is 0.833. The molecule has 0 unspecified atom stereocenters. The minimum atomic E-state index is -0.981. The molecule has 0 saturated carbocycles. The number of hydrogen-bond donors (Lipinski definition) is 2. The summed E-state index contributed by atoms with van der Waals surface area (Å²) in [4.78, 5) is 21.3. The fraction of sp³-hybridized carbons (Fsp3) is 0.500. The normalized spacial score (nSPS) is 15.0. The second-order valence-corrected chi connectivity index (χ2v) is 2.48. The van der Waals surface area contributed by atoms with Crippen molar-refractivity contribution in [3.8, 4) is 0 Å². The maximum atomic E-state index is 10.4. The molecule has 1 aliphatic heterocycles. The summed E-state index contributed by atoms with van der Waals surface area (Å²) in [5, 5.41) is 7.60. The Morgan fingerprint density at radius 2 is 1.86 bits per heavy atom. The molecule has 0 bridgehead atoms. The number of carboxylic acid groups (broad SMARTS) is 1. The lowest BCUT2D eigenvalue weighted by molar-refractivity contribution is -0.131. The Morgan fingerprint density at radius 1 is 1.43 bits per heavy atom. The van der Waals surface area contributed by atoms with Gasteiger partial charge in [-0.3, -0.25) is 0 Å². The summed E-state index contributed by atoms with van der Waals surface area (Å²) in [5.74, 6) is -0.981. The van der Waals surface area contributed by atoms with Crippen LogP contribution in [0, 0.1) is 0 Å². The molecule has 0 spiro atoms. The first-order valence-corrected chi connectivity index (χ1v) is 4.05. The molecule has 0 aromatic rings. The fourth-order valence-electron chi connectivity index (χ4n) is 0.784. The van der Waals surface area contributed by atoms with E-state index in [1.54, 1.807) is 4.90 Å². The number of aliphatic carboxylic acids is 1. The van der Waals surface area contributed by atoms with Crippen LogP contribution in [0.2, 0.25) is 0 Å². The van der Waals surface area contributed by atoms with Gasteiger partial charge in [-0.15, -0.1) is 0 Å². The Kier molecular flexibility index (Phi) is 6.13. The van der Waals surface area contributed by atoms with Crippen molar-refractivity contribution in [2.75, 3.05) is 26.3 Å². The second-order valence-electron chi connectivity index (χ2n) is 2.48. The third-order valence-electron chi connectivity index (χ3n) is 1.50. The van der Waals surface area contributed by atoms with Gasteiger partial charge in [0.15, 0.2) is 0 Å². The Hall–Kier alpha value is -1.56. The highest BCUT2D eigenvalue weighted by atomic mass is 16.5. The Labute approximate surface area is 81.9 Å². The van der Waals surface area contributed by atoms with Crippen molar-refractivity contribution in [3.63, 3.8) is 0 Å². The number of nitrogens with two attached hydrogens (primary N) is 1. The molecule has 0 radical (unpaired) electrons.